The van der Waals surface area contributed by atoms with Crippen molar-refractivity contribution in [3.8, 4) is 0 Å². The lowest BCUT2D eigenvalue weighted by Crippen LogP contribution is -2.37. The molecule has 1 unspecified atom stereocenters. The van der Waals surface area contributed by atoms with Gasteiger partial charge >= 0.3 is 12.2 Å². The number of benzene rings is 1. The monoisotopic (exact) mass is 613 g/mol. The van der Waals surface area contributed by atoms with Crippen LogP contribution in [0.1, 0.15) is 42.0 Å². The van der Waals surface area contributed by atoms with Gasteiger partial charge in [0.25, 0.3) is 11.5 Å². The number of ether oxygens (including phenoxy) is 2. The van der Waals surface area contributed by atoms with Crippen LogP contribution in [0.15, 0.2) is 59.5 Å². The molecule has 1 N–H and O–H groups in total. The second-order valence-corrected chi connectivity index (χ2v) is 11.2. The summed E-state index contributed by atoms with van der Waals surface area (Å²) in [6.07, 6.45) is -2.97. The Morgan fingerprint density at radius 2 is 1.80 bits per heavy atom. The molecule has 12 nitrogen and oxygen atoms in total. The molecule has 0 spiro atoms. The van der Waals surface area contributed by atoms with Crippen molar-refractivity contribution in [2.24, 2.45) is 0 Å². The fourth-order valence-electron chi connectivity index (χ4n) is 3.89. The summed E-state index contributed by atoms with van der Waals surface area (Å²) in [5, 5.41) is 2.75. The number of rotatable bonds is 9. The zero-order valence-electron chi connectivity index (χ0n) is 27.7. The maximum Gasteiger partial charge on any atom is 0.419 e. The first-order valence-electron chi connectivity index (χ1n) is 14.6. The first kappa shape index (κ1) is 30.5. The first-order chi connectivity index (χ1) is 21.3. The Morgan fingerprint density at radius 1 is 1.09 bits per heavy atom. The van der Waals surface area contributed by atoms with Crippen molar-refractivity contribution in [1.82, 2.24) is 18.9 Å². The van der Waals surface area contributed by atoms with Gasteiger partial charge in [-0.2, -0.15) is 0 Å². The van der Waals surface area contributed by atoms with Crippen LogP contribution in [-0.2, 0) is 25.6 Å². The normalized spacial score (nSPS) is 13.2. The van der Waals surface area contributed by atoms with E-state index in [4.69, 9.17) is 12.2 Å². The molecular weight excluding hydrogens is 573 g/mol. The molecular formula is C31H38FN5O7. The zero-order valence-corrected chi connectivity index (χ0v) is 25.7. The van der Waals surface area contributed by atoms with E-state index in [-0.39, 0.29) is 17.9 Å². The molecule has 0 saturated carbocycles. The third-order valence-corrected chi connectivity index (χ3v) is 5.97. The van der Waals surface area contributed by atoms with Crippen LogP contribution in [-0.4, -0.2) is 82.8 Å². The minimum Gasteiger partial charge on any atom is -0.443 e. The van der Waals surface area contributed by atoms with E-state index in [1.807, 2.05) is 0 Å². The Labute approximate surface area is 257 Å². The summed E-state index contributed by atoms with van der Waals surface area (Å²) < 4.78 is 44.1. The molecule has 1 aromatic carbocycles. The van der Waals surface area contributed by atoms with Gasteiger partial charge in [-0.15, -0.1) is 0 Å². The maximum atomic E-state index is 14.0. The summed E-state index contributed by atoms with van der Waals surface area (Å²) in [5.41, 5.74) is -1.19. The first-order valence-corrected chi connectivity index (χ1v) is 13.6. The zero-order chi connectivity index (χ0) is 34.6. The predicted octanol–water partition coefficient (Wildman–Crippen LogP) is 4.20. The van der Waals surface area contributed by atoms with E-state index in [1.165, 1.54) is 84.8 Å². The Bertz CT molecular complexity index is 1720. The van der Waals surface area contributed by atoms with Gasteiger partial charge in [-0.3, -0.25) is 14.4 Å². The summed E-state index contributed by atoms with van der Waals surface area (Å²) >= 11 is 0. The molecule has 0 radical (unpaired) electrons. The summed E-state index contributed by atoms with van der Waals surface area (Å²) in [4.78, 5) is 66.6. The second-order valence-electron chi connectivity index (χ2n) is 11.2. The summed E-state index contributed by atoms with van der Waals surface area (Å²) in [7, 11) is 5.73. The van der Waals surface area contributed by atoms with Crippen LogP contribution in [0.4, 0.5) is 19.7 Å². The van der Waals surface area contributed by atoms with Gasteiger partial charge in [0.2, 0.25) is 5.91 Å². The molecule has 44 heavy (non-hydrogen) atoms. The lowest BCUT2D eigenvalue weighted by Gasteiger charge is -2.21. The predicted molar refractivity (Wildman–Crippen MR) is 163 cm³/mol. The standard InChI is InChI=1S/C31H38FN5O7/c1-31(2,3)44-30(42)37-22(18-20-17-21(32)14-15-24(20)37)19-36-16-10-11-23(28(36)40)33-27(39)25(43-29(41)35(6)7)12-8-9-13-26(38)34(4)5/h9-11,13-18,25H,8,12,19H2,1-7H3,(H,33,39)/b13-9+/i12D2. The smallest absolute Gasteiger partial charge is 0.419 e. The number of likely N-dealkylation sites (N-methyl/N-ethyl adjacent to an activating group) is 1. The van der Waals surface area contributed by atoms with E-state index in [9.17, 15) is 28.4 Å². The summed E-state index contributed by atoms with van der Waals surface area (Å²) in [5.74, 6) is -2.06. The van der Waals surface area contributed by atoms with Gasteiger partial charge in [-0.25, -0.2) is 18.5 Å². The largest absolute Gasteiger partial charge is 0.443 e. The Morgan fingerprint density at radius 3 is 2.43 bits per heavy atom. The van der Waals surface area contributed by atoms with Gasteiger partial charge in [-0.1, -0.05) is 6.08 Å². The molecule has 3 amide bonds. The van der Waals surface area contributed by atoms with E-state index in [0.717, 1.165) is 11.0 Å². The van der Waals surface area contributed by atoms with Crippen molar-refractivity contribution in [2.75, 3.05) is 33.5 Å². The van der Waals surface area contributed by atoms with Crippen LogP contribution in [0.2, 0.25) is 0 Å². The summed E-state index contributed by atoms with van der Waals surface area (Å²) in [6.45, 7) is 4.88. The number of hydrogen-bond donors (Lipinski definition) is 1. The highest BCUT2D eigenvalue weighted by atomic mass is 19.1. The second kappa shape index (κ2) is 14.0. The number of nitrogens with zero attached hydrogens (tertiary/aromatic N) is 4. The van der Waals surface area contributed by atoms with Gasteiger partial charge in [0.15, 0.2) is 6.10 Å². The molecule has 2 aromatic heterocycles. The average molecular weight is 614 g/mol. The quantitative estimate of drug-likeness (QED) is 0.358. The SMILES string of the molecule is [2H]C([2H])(C/C=C/C(=O)N(C)C)C(OC(=O)N(C)C)C(=O)Nc1cccn(Cc2cc3cc(F)ccc3n2C(=O)OC(C)(C)C)c1=O. The number of amides is 3. The van der Waals surface area contributed by atoms with E-state index < -0.39 is 59.9 Å². The maximum absolute atomic E-state index is 14.0. The number of allylic oxidation sites excluding steroid dienone is 1. The fraction of sp³-hybridized carbons (Fsp3) is 0.387. The lowest BCUT2D eigenvalue weighted by atomic mass is 10.1. The number of anilines is 1. The highest BCUT2D eigenvalue weighted by Gasteiger charge is 2.26. The van der Waals surface area contributed by atoms with Gasteiger partial charge in [0.1, 0.15) is 17.1 Å². The number of nitrogens with one attached hydrogen (secondary N) is 1. The molecule has 0 saturated heterocycles. The number of fused-ring (bicyclic) bond motifs is 1. The number of carbonyl (C=O) groups excluding carboxylic acids is 4. The molecule has 3 aromatic rings. The lowest BCUT2D eigenvalue weighted by molar-refractivity contribution is -0.125. The van der Waals surface area contributed by atoms with Crippen molar-refractivity contribution in [2.45, 2.75) is 51.8 Å². The molecule has 0 bridgehead atoms. The van der Waals surface area contributed by atoms with E-state index in [1.54, 1.807) is 26.8 Å². The van der Waals surface area contributed by atoms with Crippen LogP contribution < -0.4 is 10.9 Å². The third-order valence-electron chi connectivity index (χ3n) is 5.97. The highest BCUT2D eigenvalue weighted by Crippen LogP contribution is 2.24. The topological polar surface area (TPSA) is 132 Å². The fourth-order valence-corrected chi connectivity index (χ4v) is 3.89. The molecule has 0 aliphatic heterocycles. The number of pyridine rings is 1. The summed E-state index contributed by atoms with van der Waals surface area (Å²) in [6, 6.07) is 8.14. The number of hydrogen-bond acceptors (Lipinski definition) is 7. The number of aromatic nitrogens is 2. The Hall–Kier alpha value is -4.94. The molecule has 2 heterocycles. The van der Waals surface area contributed by atoms with Crippen molar-refractivity contribution >= 4 is 40.6 Å². The average Bonchev–Trinajstić information content (AvgIpc) is 3.29. The number of carbonyl (C=O) groups is 4. The van der Waals surface area contributed by atoms with Crippen LogP contribution in [0.25, 0.3) is 10.9 Å². The highest BCUT2D eigenvalue weighted by molar-refractivity contribution is 5.95. The van der Waals surface area contributed by atoms with Gasteiger partial charge in [0.05, 0.1) is 12.1 Å². The van der Waals surface area contributed by atoms with Crippen molar-refractivity contribution in [3.63, 3.8) is 0 Å². The minimum absolute atomic E-state index is 0.192. The van der Waals surface area contributed by atoms with Crippen LogP contribution >= 0.6 is 0 Å². The molecule has 1 atom stereocenters. The van der Waals surface area contributed by atoms with Crippen LogP contribution in [0, 0.1) is 5.82 Å². The van der Waals surface area contributed by atoms with Gasteiger partial charge in [0, 0.05) is 48.2 Å². The third kappa shape index (κ3) is 8.79. The Kier molecular flexibility index (Phi) is 9.72. The molecule has 0 aliphatic carbocycles. The minimum atomic E-state index is -2.49. The number of halogens is 1. The molecule has 0 fully saturated rings. The van der Waals surface area contributed by atoms with Crippen LogP contribution in [0.5, 0.6) is 0 Å². The van der Waals surface area contributed by atoms with Gasteiger partial charge < -0.3 is 29.2 Å². The van der Waals surface area contributed by atoms with Crippen molar-refractivity contribution in [1.29, 1.82) is 0 Å². The molecule has 3 rings (SSSR count). The van der Waals surface area contributed by atoms with Crippen molar-refractivity contribution in [3.05, 3.63) is 76.6 Å². The van der Waals surface area contributed by atoms with Gasteiger partial charge in [-0.05, 0) is 76.0 Å². The van der Waals surface area contributed by atoms with Crippen molar-refractivity contribution < 1.29 is 35.8 Å². The van der Waals surface area contributed by atoms with Crippen LogP contribution in [0.3, 0.4) is 0 Å². The van der Waals surface area contributed by atoms with E-state index in [0.29, 0.717) is 10.9 Å². The molecule has 13 heteroatoms. The molecule has 236 valence electrons. The van der Waals surface area contributed by atoms with E-state index in [2.05, 4.69) is 5.32 Å². The Balaban J connectivity index is 1.96. The molecule has 0 aliphatic rings. The van der Waals surface area contributed by atoms with E-state index >= 15 is 0 Å².